The van der Waals surface area contributed by atoms with Crippen LogP contribution in [0.2, 0.25) is 0 Å². The molecule has 3 heterocycles. The Labute approximate surface area is 227 Å². The van der Waals surface area contributed by atoms with Gasteiger partial charge < -0.3 is 13.9 Å². The van der Waals surface area contributed by atoms with Gasteiger partial charge >= 0.3 is 0 Å². The van der Waals surface area contributed by atoms with Gasteiger partial charge in [0.05, 0.1) is 23.3 Å². The van der Waals surface area contributed by atoms with Crippen LogP contribution in [0.5, 0.6) is 0 Å². The highest BCUT2D eigenvalue weighted by Gasteiger charge is 2.38. The summed E-state index contributed by atoms with van der Waals surface area (Å²) in [6.07, 6.45) is 15.1. The summed E-state index contributed by atoms with van der Waals surface area (Å²) in [6, 6.07) is 15.2. The van der Waals surface area contributed by atoms with Crippen molar-refractivity contribution in [3.63, 3.8) is 0 Å². The van der Waals surface area contributed by atoms with Gasteiger partial charge in [-0.25, -0.2) is 0 Å². The van der Waals surface area contributed by atoms with E-state index in [0.29, 0.717) is 12.2 Å². The maximum Gasteiger partial charge on any atom is 0.247 e. The molecule has 1 aromatic carbocycles. The number of amides is 2. The normalized spacial score (nSPS) is 14.4. The van der Waals surface area contributed by atoms with Crippen LogP contribution in [0.25, 0.3) is 5.69 Å². The van der Waals surface area contributed by atoms with Crippen molar-refractivity contribution in [1.82, 2.24) is 9.47 Å². The molecule has 0 spiro atoms. The first-order chi connectivity index (χ1) is 18.5. The van der Waals surface area contributed by atoms with E-state index in [1.165, 1.54) is 44.9 Å². The lowest BCUT2D eigenvalue weighted by molar-refractivity contribution is -0.137. The number of fused-ring (bicyclic) bond motifs is 3. The molecule has 0 aliphatic carbocycles. The molecule has 0 radical (unpaired) electrons. The fourth-order valence-corrected chi connectivity index (χ4v) is 5.49. The average Bonchev–Trinajstić information content (AvgIpc) is 3.62. The number of unbranched alkanes of at least 4 members (excludes halogenated alkanes) is 8. The number of nitrogens with zero attached hydrogens (tertiary/aromatic N) is 3. The summed E-state index contributed by atoms with van der Waals surface area (Å²) in [5.41, 5.74) is 2.72. The Morgan fingerprint density at radius 3 is 2.21 bits per heavy atom. The first kappa shape index (κ1) is 27.7. The molecular formula is C32H43N3O3. The van der Waals surface area contributed by atoms with Gasteiger partial charge in [-0.2, -0.15) is 0 Å². The van der Waals surface area contributed by atoms with Gasteiger partial charge in [0.2, 0.25) is 11.8 Å². The summed E-state index contributed by atoms with van der Waals surface area (Å²) in [4.78, 5) is 30.8. The van der Waals surface area contributed by atoms with Crippen molar-refractivity contribution in [1.29, 1.82) is 0 Å². The molecule has 1 atom stereocenters. The van der Waals surface area contributed by atoms with Crippen LogP contribution in [0.4, 0.5) is 5.69 Å². The van der Waals surface area contributed by atoms with Crippen LogP contribution in [0.1, 0.15) is 102 Å². The van der Waals surface area contributed by atoms with Crippen molar-refractivity contribution in [3.8, 4) is 5.69 Å². The minimum absolute atomic E-state index is 0.0418. The van der Waals surface area contributed by atoms with Gasteiger partial charge in [-0.15, -0.1) is 0 Å². The molecule has 38 heavy (non-hydrogen) atoms. The third-order valence-electron chi connectivity index (χ3n) is 7.54. The van der Waals surface area contributed by atoms with E-state index in [1.807, 2.05) is 73.5 Å². The van der Waals surface area contributed by atoms with E-state index in [2.05, 4.69) is 11.5 Å². The fourth-order valence-electron chi connectivity index (χ4n) is 5.49. The molecule has 1 unspecified atom stereocenters. The predicted octanol–water partition coefficient (Wildman–Crippen LogP) is 7.66. The first-order valence-electron chi connectivity index (χ1n) is 14.4. The van der Waals surface area contributed by atoms with Crippen LogP contribution in [-0.2, 0) is 9.59 Å². The van der Waals surface area contributed by atoms with Gasteiger partial charge in [0.1, 0.15) is 18.3 Å². The van der Waals surface area contributed by atoms with E-state index in [-0.39, 0.29) is 24.4 Å². The van der Waals surface area contributed by atoms with E-state index in [9.17, 15) is 9.59 Å². The Balaban J connectivity index is 1.43. The fraction of sp³-hybridized carbons (Fsp3) is 0.500. The molecule has 0 saturated carbocycles. The molecule has 0 bridgehead atoms. The van der Waals surface area contributed by atoms with Crippen LogP contribution >= 0.6 is 0 Å². The number of carbonyl (C=O) groups is 2. The summed E-state index contributed by atoms with van der Waals surface area (Å²) in [7, 11) is 0. The summed E-state index contributed by atoms with van der Waals surface area (Å²) in [5.74, 6) is 0.643. The Morgan fingerprint density at radius 1 is 0.868 bits per heavy atom. The number of anilines is 1. The monoisotopic (exact) mass is 517 g/mol. The SMILES string of the molecule is CCCCCCCCCCCC(=O)N(CC(=O)N1c2ccccc2-n2cccc2C1c1ccco1)C(C)C. The lowest BCUT2D eigenvalue weighted by Crippen LogP contribution is -2.48. The second-order valence-electron chi connectivity index (χ2n) is 10.7. The van der Waals surface area contributed by atoms with E-state index in [1.54, 1.807) is 11.2 Å². The molecule has 0 N–H and O–H groups in total. The van der Waals surface area contributed by atoms with Crippen molar-refractivity contribution < 1.29 is 14.0 Å². The number of aromatic nitrogens is 1. The summed E-state index contributed by atoms with van der Waals surface area (Å²) < 4.78 is 7.93. The highest BCUT2D eigenvalue weighted by Crippen LogP contribution is 2.42. The highest BCUT2D eigenvalue weighted by atomic mass is 16.3. The number of hydrogen-bond acceptors (Lipinski definition) is 3. The largest absolute Gasteiger partial charge is 0.467 e. The van der Waals surface area contributed by atoms with Crippen molar-refractivity contribution in [3.05, 3.63) is 72.4 Å². The highest BCUT2D eigenvalue weighted by molar-refractivity contribution is 6.00. The van der Waals surface area contributed by atoms with Gasteiger partial charge in [-0.05, 0) is 56.7 Å². The molecule has 6 nitrogen and oxygen atoms in total. The second kappa shape index (κ2) is 13.5. The van der Waals surface area contributed by atoms with Gasteiger partial charge in [0.15, 0.2) is 0 Å². The third-order valence-corrected chi connectivity index (χ3v) is 7.54. The Hall–Kier alpha value is -3.28. The third kappa shape index (κ3) is 6.40. The summed E-state index contributed by atoms with van der Waals surface area (Å²) >= 11 is 0. The topological polar surface area (TPSA) is 58.7 Å². The van der Waals surface area contributed by atoms with Crippen LogP contribution < -0.4 is 4.90 Å². The van der Waals surface area contributed by atoms with Gasteiger partial charge in [0, 0.05) is 18.7 Å². The number of para-hydroxylation sites is 2. The van der Waals surface area contributed by atoms with Crippen molar-refractivity contribution in [2.75, 3.05) is 11.4 Å². The number of hydrogen-bond donors (Lipinski definition) is 0. The van der Waals surface area contributed by atoms with Crippen LogP contribution in [-0.4, -0.2) is 33.9 Å². The minimum Gasteiger partial charge on any atom is -0.467 e. The zero-order chi connectivity index (χ0) is 26.9. The average molecular weight is 518 g/mol. The maximum absolute atomic E-state index is 14.0. The van der Waals surface area contributed by atoms with E-state index < -0.39 is 6.04 Å². The van der Waals surface area contributed by atoms with Gasteiger partial charge in [-0.1, -0.05) is 70.4 Å². The van der Waals surface area contributed by atoms with Gasteiger partial charge in [-0.3, -0.25) is 14.5 Å². The standard InChI is InChI=1S/C32H43N3O3/c1-4-5-6-7-8-9-10-11-12-21-30(36)34(25(2)3)24-31(37)35-27-18-14-13-17-26(27)33-22-15-19-28(33)32(35)29-20-16-23-38-29/h13-20,22-23,25,32H,4-12,21,24H2,1-3H3. The molecule has 4 rings (SSSR count). The smallest absolute Gasteiger partial charge is 0.247 e. The predicted molar refractivity (Wildman–Crippen MR) is 152 cm³/mol. The maximum atomic E-state index is 14.0. The zero-order valence-electron chi connectivity index (χ0n) is 23.3. The molecule has 3 aromatic rings. The molecule has 204 valence electrons. The Morgan fingerprint density at radius 2 is 1.55 bits per heavy atom. The summed E-state index contributed by atoms with van der Waals surface area (Å²) in [5, 5.41) is 0. The molecule has 0 fully saturated rings. The molecule has 2 amide bonds. The van der Waals surface area contributed by atoms with E-state index >= 15 is 0 Å². The van der Waals surface area contributed by atoms with Crippen molar-refractivity contribution in [2.24, 2.45) is 0 Å². The van der Waals surface area contributed by atoms with E-state index in [4.69, 9.17) is 4.42 Å². The van der Waals surface area contributed by atoms with Crippen LogP contribution in [0.3, 0.4) is 0 Å². The molecular weight excluding hydrogens is 474 g/mol. The lowest BCUT2D eigenvalue weighted by Gasteiger charge is -2.38. The lowest BCUT2D eigenvalue weighted by atomic mass is 10.0. The van der Waals surface area contributed by atoms with Crippen LogP contribution in [0, 0.1) is 0 Å². The van der Waals surface area contributed by atoms with E-state index in [0.717, 1.165) is 29.9 Å². The molecule has 6 heteroatoms. The molecule has 0 saturated heterocycles. The Bertz CT molecular complexity index is 1160. The second-order valence-corrected chi connectivity index (χ2v) is 10.7. The number of furan rings is 1. The molecule has 1 aliphatic heterocycles. The minimum atomic E-state index is -0.399. The van der Waals surface area contributed by atoms with Crippen molar-refractivity contribution in [2.45, 2.75) is 97.1 Å². The van der Waals surface area contributed by atoms with Crippen molar-refractivity contribution >= 4 is 17.5 Å². The number of benzene rings is 1. The quantitative estimate of drug-likeness (QED) is 0.206. The number of rotatable bonds is 14. The Kier molecular flexibility index (Phi) is 9.85. The van der Waals surface area contributed by atoms with Crippen LogP contribution in [0.15, 0.2) is 65.4 Å². The molecule has 1 aliphatic rings. The van der Waals surface area contributed by atoms with Gasteiger partial charge in [0.25, 0.3) is 0 Å². The molecule has 2 aromatic heterocycles. The zero-order valence-corrected chi connectivity index (χ0v) is 23.3. The number of carbonyl (C=O) groups excluding carboxylic acids is 2. The first-order valence-corrected chi connectivity index (χ1v) is 14.4. The summed E-state index contributed by atoms with van der Waals surface area (Å²) in [6.45, 7) is 6.26.